The first-order valence-corrected chi connectivity index (χ1v) is 10.8. The lowest BCUT2D eigenvalue weighted by atomic mass is 9.96. The van der Waals surface area contributed by atoms with Crippen molar-refractivity contribution in [3.8, 4) is 0 Å². The van der Waals surface area contributed by atoms with Crippen LogP contribution in [-0.2, 0) is 46.5 Å². The van der Waals surface area contributed by atoms with Gasteiger partial charge in [0.2, 0.25) is 6.29 Å². The monoisotopic (exact) mass is 469 g/mol. The average Bonchev–Trinajstić information content (AvgIpc) is 2.83. The predicted octanol–water partition coefficient (Wildman–Crippen LogP) is 3.69. The van der Waals surface area contributed by atoms with Crippen LogP contribution >= 0.6 is 0 Å². The highest BCUT2D eigenvalue weighted by Crippen LogP contribution is 2.31. The van der Waals surface area contributed by atoms with Gasteiger partial charge in [0, 0.05) is 18.8 Å². The first-order chi connectivity index (χ1) is 16.5. The number of ether oxygens (including phenoxy) is 5. The molecule has 1 aliphatic heterocycles. The molecule has 0 spiro atoms. The van der Waals surface area contributed by atoms with E-state index in [1.807, 2.05) is 60.7 Å². The van der Waals surface area contributed by atoms with Gasteiger partial charge in [0.15, 0.2) is 0 Å². The van der Waals surface area contributed by atoms with E-state index in [9.17, 15) is 15.1 Å². The molecule has 0 aliphatic carbocycles. The van der Waals surface area contributed by atoms with E-state index in [0.29, 0.717) is 0 Å². The summed E-state index contributed by atoms with van der Waals surface area (Å²) in [6, 6.07) is 17.8. The van der Waals surface area contributed by atoms with Crippen molar-refractivity contribution < 1.29 is 33.3 Å². The molecule has 0 amide bonds. The summed E-state index contributed by atoms with van der Waals surface area (Å²) in [4.78, 5) is 26.1. The van der Waals surface area contributed by atoms with Crippen LogP contribution in [0.4, 0.5) is 0 Å². The van der Waals surface area contributed by atoms with Gasteiger partial charge in [-0.05, 0) is 16.7 Å². The van der Waals surface area contributed by atoms with E-state index in [2.05, 4.69) is 10.0 Å². The number of benzene rings is 2. The van der Waals surface area contributed by atoms with E-state index in [4.69, 9.17) is 23.7 Å². The van der Waals surface area contributed by atoms with E-state index < -0.39 is 42.6 Å². The number of rotatable bonds is 10. The zero-order chi connectivity index (χ0) is 24.3. The number of azide groups is 1. The van der Waals surface area contributed by atoms with Crippen molar-refractivity contribution >= 4 is 11.9 Å². The minimum atomic E-state index is -1.24. The van der Waals surface area contributed by atoms with Crippen molar-refractivity contribution in [2.24, 2.45) is 5.11 Å². The van der Waals surface area contributed by atoms with E-state index in [-0.39, 0.29) is 19.8 Å². The first-order valence-electron chi connectivity index (χ1n) is 10.8. The Morgan fingerprint density at radius 3 is 1.97 bits per heavy atom. The maximum absolute atomic E-state index is 11.7. The zero-order valence-corrected chi connectivity index (χ0v) is 19.0. The Bertz CT molecular complexity index is 983. The first kappa shape index (κ1) is 25.2. The second-order valence-electron chi connectivity index (χ2n) is 7.67. The standard InChI is InChI=1S/C24H27N3O7/c1-16(28)30-15-20-22(31-13-18-9-5-3-6-10-18)23(32-14-19-11-7-4-8-12-19)21(26-27-25)24(34-20)33-17(2)29/h3-12,20-24H,13-15H2,1-2H3/t20?,21?,22-,23?,24-/m1/s1. The number of nitrogens with zero attached hydrogens (tertiary/aromatic N) is 3. The number of carbonyl (C=O) groups is 2. The van der Waals surface area contributed by atoms with Gasteiger partial charge in [-0.2, -0.15) is 0 Å². The second kappa shape index (κ2) is 12.7. The van der Waals surface area contributed by atoms with Crippen molar-refractivity contribution in [1.29, 1.82) is 0 Å². The lowest BCUT2D eigenvalue weighted by Gasteiger charge is -2.44. The van der Waals surface area contributed by atoms with Crippen LogP contribution in [0.25, 0.3) is 10.4 Å². The van der Waals surface area contributed by atoms with Gasteiger partial charge in [-0.25, -0.2) is 0 Å². The van der Waals surface area contributed by atoms with Crippen LogP contribution in [0.2, 0.25) is 0 Å². The highest BCUT2D eigenvalue weighted by Gasteiger charge is 2.49. The summed E-state index contributed by atoms with van der Waals surface area (Å²) < 4.78 is 28.7. The van der Waals surface area contributed by atoms with E-state index in [1.165, 1.54) is 13.8 Å². The van der Waals surface area contributed by atoms with Gasteiger partial charge in [-0.3, -0.25) is 9.59 Å². The largest absolute Gasteiger partial charge is 0.463 e. The zero-order valence-electron chi connectivity index (χ0n) is 19.0. The number of hydrogen-bond donors (Lipinski definition) is 0. The molecule has 180 valence electrons. The van der Waals surface area contributed by atoms with Crippen LogP contribution in [0.1, 0.15) is 25.0 Å². The maximum Gasteiger partial charge on any atom is 0.304 e. The fraction of sp³-hybridized carbons (Fsp3) is 0.417. The topological polar surface area (TPSA) is 129 Å². The third kappa shape index (κ3) is 7.29. The average molecular weight is 469 g/mol. The molecule has 1 fully saturated rings. The van der Waals surface area contributed by atoms with Gasteiger partial charge in [-0.1, -0.05) is 65.8 Å². The molecule has 1 aliphatic rings. The van der Waals surface area contributed by atoms with Gasteiger partial charge in [0.05, 0.1) is 13.2 Å². The number of esters is 2. The summed E-state index contributed by atoms with van der Waals surface area (Å²) in [5.74, 6) is -1.13. The molecular formula is C24H27N3O7. The third-order valence-corrected chi connectivity index (χ3v) is 5.10. The molecule has 0 N–H and O–H groups in total. The van der Waals surface area contributed by atoms with Crippen LogP contribution in [0, 0.1) is 0 Å². The van der Waals surface area contributed by atoms with Gasteiger partial charge < -0.3 is 23.7 Å². The normalized spacial score (nSPS) is 24.0. The Hall–Kier alpha value is -3.43. The molecule has 2 aromatic rings. The third-order valence-electron chi connectivity index (χ3n) is 5.10. The molecule has 1 saturated heterocycles. The van der Waals surface area contributed by atoms with Gasteiger partial charge in [0.1, 0.15) is 31.0 Å². The van der Waals surface area contributed by atoms with Gasteiger partial charge in [-0.15, -0.1) is 0 Å². The Labute approximate surface area is 197 Å². The Morgan fingerprint density at radius 2 is 1.47 bits per heavy atom. The van der Waals surface area contributed by atoms with Gasteiger partial charge >= 0.3 is 11.9 Å². The van der Waals surface area contributed by atoms with E-state index in [1.54, 1.807) is 0 Å². The van der Waals surface area contributed by atoms with Crippen molar-refractivity contribution in [1.82, 2.24) is 0 Å². The molecule has 2 aromatic carbocycles. The van der Waals surface area contributed by atoms with E-state index >= 15 is 0 Å². The SMILES string of the molecule is CC(=O)OCC1O[C@@H](OC(C)=O)C(N=[N+]=[N-])C(OCc2ccccc2)[C@@H]1OCc1ccccc1. The van der Waals surface area contributed by atoms with E-state index in [0.717, 1.165) is 11.1 Å². The number of carbonyl (C=O) groups excluding carboxylic acids is 2. The molecular weight excluding hydrogens is 442 g/mol. The summed E-state index contributed by atoms with van der Waals surface area (Å²) in [7, 11) is 0. The Balaban J connectivity index is 1.91. The smallest absolute Gasteiger partial charge is 0.304 e. The highest BCUT2D eigenvalue weighted by molar-refractivity contribution is 5.66. The summed E-state index contributed by atoms with van der Waals surface area (Å²) in [6.07, 6.45) is -3.75. The molecule has 0 aromatic heterocycles. The predicted molar refractivity (Wildman–Crippen MR) is 120 cm³/mol. The number of hydrogen-bond acceptors (Lipinski definition) is 8. The van der Waals surface area contributed by atoms with Crippen molar-refractivity contribution in [2.75, 3.05) is 6.61 Å². The Kier molecular flexibility index (Phi) is 9.42. The quantitative estimate of drug-likeness (QED) is 0.225. The molecule has 3 unspecified atom stereocenters. The second-order valence-corrected chi connectivity index (χ2v) is 7.67. The van der Waals surface area contributed by atoms with Crippen LogP contribution in [0.5, 0.6) is 0 Å². The van der Waals surface area contributed by atoms with Crippen LogP contribution in [0.15, 0.2) is 65.8 Å². The lowest BCUT2D eigenvalue weighted by molar-refractivity contribution is -0.277. The molecule has 1 heterocycles. The minimum absolute atomic E-state index is 0.166. The Morgan fingerprint density at radius 1 is 0.912 bits per heavy atom. The summed E-state index contributed by atoms with van der Waals surface area (Å²) in [6.45, 7) is 2.72. The molecule has 10 nitrogen and oxygen atoms in total. The summed E-state index contributed by atoms with van der Waals surface area (Å²) in [5, 5.41) is 3.81. The fourth-order valence-electron chi connectivity index (χ4n) is 3.59. The fourth-order valence-corrected chi connectivity index (χ4v) is 3.59. The molecule has 3 rings (SSSR count). The molecule has 0 radical (unpaired) electrons. The van der Waals surface area contributed by atoms with Crippen molar-refractivity contribution in [2.45, 2.75) is 57.7 Å². The summed E-state index contributed by atoms with van der Waals surface area (Å²) in [5.41, 5.74) is 11.0. The minimum Gasteiger partial charge on any atom is -0.463 e. The molecule has 10 heteroatoms. The lowest BCUT2D eigenvalue weighted by Crippen LogP contribution is -2.60. The van der Waals surface area contributed by atoms with Crippen LogP contribution in [-0.4, -0.2) is 49.2 Å². The molecule has 34 heavy (non-hydrogen) atoms. The van der Waals surface area contributed by atoms with Gasteiger partial charge in [0.25, 0.3) is 0 Å². The molecule has 0 saturated carbocycles. The van der Waals surface area contributed by atoms with Crippen LogP contribution in [0.3, 0.4) is 0 Å². The van der Waals surface area contributed by atoms with Crippen LogP contribution < -0.4 is 0 Å². The maximum atomic E-state index is 11.7. The summed E-state index contributed by atoms with van der Waals surface area (Å²) >= 11 is 0. The van der Waals surface area contributed by atoms with Crippen molar-refractivity contribution in [3.63, 3.8) is 0 Å². The molecule has 0 bridgehead atoms. The molecule has 5 atom stereocenters. The van der Waals surface area contributed by atoms with Crippen molar-refractivity contribution in [3.05, 3.63) is 82.2 Å². The highest BCUT2D eigenvalue weighted by atomic mass is 16.7.